The van der Waals surface area contributed by atoms with Gasteiger partial charge in [0.1, 0.15) is 22.7 Å². The van der Waals surface area contributed by atoms with E-state index < -0.39 is 11.2 Å². The molecule has 0 aliphatic rings. The van der Waals surface area contributed by atoms with Gasteiger partial charge in [0.25, 0.3) is 0 Å². The van der Waals surface area contributed by atoms with Crippen LogP contribution in [-0.2, 0) is 11.2 Å². The summed E-state index contributed by atoms with van der Waals surface area (Å²) < 4.78 is 10.4. The summed E-state index contributed by atoms with van der Waals surface area (Å²) in [6.45, 7) is 9.44. The summed E-state index contributed by atoms with van der Waals surface area (Å²) >= 11 is 18.7. The average Bonchev–Trinajstić information content (AvgIpc) is 3.10. The highest BCUT2D eigenvalue weighted by molar-refractivity contribution is 6.34. The van der Waals surface area contributed by atoms with Crippen LogP contribution < -0.4 is 9.47 Å². The summed E-state index contributed by atoms with van der Waals surface area (Å²) in [5.74, 6) is 1.50. The van der Waals surface area contributed by atoms with E-state index in [2.05, 4.69) is 16.7 Å². The topological polar surface area (TPSA) is 65.4 Å². The predicted molar refractivity (Wildman–Crippen MR) is 224 cm³/mol. The number of hydrogen-bond donors (Lipinski definition) is 2. The second kappa shape index (κ2) is 19.8. The third-order valence-electron chi connectivity index (χ3n) is 9.47. The Balaban J connectivity index is 0.000000286. The Labute approximate surface area is 332 Å². The highest BCUT2D eigenvalue weighted by atomic mass is 35.5. The summed E-state index contributed by atoms with van der Waals surface area (Å²) in [6.07, 6.45) is 4.01. The second-order valence-electron chi connectivity index (χ2n) is 14.2. The Morgan fingerprint density at radius 2 is 0.981 bits per heavy atom. The van der Waals surface area contributed by atoms with Crippen LogP contribution in [0.15, 0.2) is 102 Å². The molecule has 2 N–H and O–H groups in total. The molecule has 4 atom stereocenters. The largest absolute Gasteiger partial charge is 0.497 e. The molecule has 0 bridgehead atoms. The smallest absolute Gasteiger partial charge is 0.118 e. The van der Waals surface area contributed by atoms with Crippen LogP contribution in [0, 0.1) is 11.8 Å². The second-order valence-corrected chi connectivity index (χ2v) is 15.5. The Bertz CT molecular complexity index is 1810. The van der Waals surface area contributed by atoms with Crippen molar-refractivity contribution >= 4 is 47.0 Å². The van der Waals surface area contributed by atoms with Crippen molar-refractivity contribution in [2.24, 2.45) is 11.8 Å². The van der Waals surface area contributed by atoms with E-state index in [1.807, 2.05) is 134 Å². The third-order valence-corrected chi connectivity index (χ3v) is 10.1. The van der Waals surface area contributed by atoms with Gasteiger partial charge in [-0.3, -0.25) is 0 Å². The standard InChI is InChI=1S/C22H27Cl2NO2.C22H28ClNO2/c1-15(10-17-6-8-21(27-5)9-7-17)22(26,16(2)14-25(3)4)18-11-19(23)13-20(24)12-18;1-16(13-18-9-11-21(26-5)12-10-18)22(25,17(2)15-24(3)4)19-7-6-8-20(23)14-19/h6-13,16,26H,14H2,1-5H3;6-14,17,25H,15H2,1-5H3. The van der Waals surface area contributed by atoms with Gasteiger partial charge in [-0.2, -0.15) is 0 Å². The number of hydrogen-bond acceptors (Lipinski definition) is 6. The summed E-state index contributed by atoms with van der Waals surface area (Å²) in [6, 6.07) is 28.3. The van der Waals surface area contributed by atoms with Crippen LogP contribution in [0.1, 0.15) is 49.9 Å². The first-order valence-electron chi connectivity index (χ1n) is 17.6. The normalized spacial score (nSPS) is 15.6. The SMILES string of the molecule is COc1ccc(C=C(C)C(O)(c2cc(Cl)cc(Cl)c2)C(C)CN(C)C)cc1.COc1ccc(C=C(C)C(O)(c2cccc(Cl)c2)C(C)CN(C)C)cc1. The van der Waals surface area contributed by atoms with Crippen LogP contribution in [0.3, 0.4) is 0 Å². The van der Waals surface area contributed by atoms with Crippen molar-refractivity contribution in [1.29, 1.82) is 0 Å². The molecule has 4 rings (SSSR count). The molecule has 0 aliphatic heterocycles. The first kappa shape index (κ1) is 44.1. The molecule has 53 heavy (non-hydrogen) atoms. The van der Waals surface area contributed by atoms with Gasteiger partial charge >= 0.3 is 0 Å². The van der Waals surface area contributed by atoms with Crippen LogP contribution >= 0.6 is 34.8 Å². The van der Waals surface area contributed by atoms with Crippen LogP contribution in [0.25, 0.3) is 12.2 Å². The Morgan fingerprint density at radius 3 is 1.34 bits per heavy atom. The summed E-state index contributed by atoms with van der Waals surface area (Å²) in [7, 11) is 11.3. The van der Waals surface area contributed by atoms with Crippen LogP contribution in [0.4, 0.5) is 0 Å². The van der Waals surface area contributed by atoms with Gasteiger partial charge < -0.3 is 29.5 Å². The maximum atomic E-state index is 11.8. The molecule has 0 fully saturated rings. The van der Waals surface area contributed by atoms with Gasteiger partial charge in [0, 0.05) is 40.0 Å². The quantitative estimate of drug-likeness (QED) is 0.133. The Kier molecular flexibility index (Phi) is 16.5. The van der Waals surface area contributed by atoms with E-state index in [9.17, 15) is 10.2 Å². The van der Waals surface area contributed by atoms with Crippen LogP contribution in [-0.4, -0.2) is 75.5 Å². The van der Waals surface area contributed by atoms with Gasteiger partial charge in [0.15, 0.2) is 0 Å². The summed E-state index contributed by atoms with van der Waals surface area (Å²) in [5.41, 5.74) is 2.86. The third kappa shape index (κ3) is 11.8. The number of halogens is 3. The zero-order chi connectivity index (χ0) is 39.5. The van der Waals surface area contributed by atoms with E-state index >= 15 is 0 Å². The molecule has 0 amide bonds. The van der Waals surface area contributed by atoms with Gasteiger partial charge in [0.05, 0.1) is 14.2 Å². The van der Waals surface area contributed by atoms with Crippen molar-refractivity contribution in [1.82, 2.24) is 9.80 Å². The minimum Gasteiger partial charge on any atom is -0.497 e. The zero-order valence-electron chi connectivity index (χ0n) is 32.6. The van der Waals surface area contributed by atoms with Crippen molar-refractivity contribution in [3.8, 4) is 11.5 Å². The summed E-state index contributed by atoms with van der Waals surface area (Å²) in [4.78, 5) is 4.14. The number of ether oxygens (including phenoxy) is 2. The minimum absolute atomic E-state index is 0.0227. The number of aliphatic hydroxyl groups is 2. The number of rotatable bonds is 14. The number of methoxy groups -OCH3 is 2. The molecular formula is C44H55Cl3N2O4. The summed E-state index contributed by atoms with van der Waals surface area (Å²) in [5, 5.41) is 25.2. The maximum Gasteiger partial charge on any atom is 0.118 e. The van der Waals surface area contributed by atoms with Gasteiger partial charge in [-0.25, -0.2) is 0 Å². The van der Waals surface area contributed by atoms with Crippen molar-refractivity contribution in [2.45, 2.75) is 38.9 Å². The predicted octanol–water partition coefficient (Wildman–Crippen LogP) is 10.3. The van der Waals surface area contributed by atoms with Crippen molar-refractivity contribution in [3.63, 3.8) is 0 Å². The van der Waals surface area contributed by atoms with E-state index in [1.54, 1.807) is 32.4 Å². The first-order valence-corrected chi connectivity index (χ1v) is 18.7. The molecule has 0 heterocycles. The Morgan fingerprint density at radius 1 is 0.604 bits per heavy atom. The van der Waals surface area contributed by atoms with Crippen LogP contribution in [0.5, 0.6) is 11.5 Å². The monoisotopic (exact) mass is 780 g/mol. The van der Waals surface area contributed by atoms with Gasteiger partial charge in [-0.05, 0) is 130 Å². The van der Waals surface area contributed by atoms with Gasteiger partial charge in [0.2, 0.25) is 0 Å². The van der Waals surface area contributed by atoms with E-state index in [-0.39, 0.29) is 11.8 Å². The molecular weight excluding hydrogens is 727 g/mol. The molecule has 0 saturated heterocycles. The highest BCUT2D eigenvalue weighted by Gasteiger charge is 2.39. The fourth-order valence-corrected chi connectivity index (χ4v) is 7.50. The number of benzene rings is 4. The molecule has 0 aromatic heterocycles. The maximum absolute atomic E-state index is 11.8. The molecule has 4 aromatic rings. The van der Waals surface area contributed by atoms with E-state index in [0.717, 1.165) is 45.9 Å². The van der Waals surface area contributed by atoms with E-state index in [1.165, 1.54) is 0 Å². The fourth-order valence-electron chi connectivity index (χ4n) is 6.78. The molecule has 6 nitrogen and oxygen atoms in total. The van der Waals surface area contributed by atoms with Gasteiger partial charge in [-0.1, -0.05) is 97.2 Å². The molecule has 286 valence electrons. The van der Waals surface area contributed by atoms with E-state index in [4.69, 9.17) is 44.3 Å². The molecule has 0 saturated carbocycles. The minimum atomic E-state index is -1.21. The fraction of sp³-hybridized carbons (Fsp3) is 0.364. The molecule has 9 heteroatoms. The lowest BCUT2D eigenvalue weighted by Gasteiger charge is -2.37. The van der Waals surface area contributed by atoms with Crippen molar-refractivity contribution < 1.29 is 19.7 Å². The lowest BCUT2D eigenvalue weighted by Crippen LogP contribution is -2.40. The molecule has 0 radical (unpaired) electrons. The zero-order valence-corrected chi connectivity index (χ0v) is 34.9. The lowest BCUT2D eigenvalue weighted by atomic mass is 9.76. The highest BCUT2D eigenvalue weighted by Crippen LogP contribution is 2.41. The molecule has 0 aliphatic carbocycles. The average molecular weight is 782 g/mol. The van der Waals surface area contributed by atoms with Crippen molar-refractivity contribution in [2.75, 3.05) is 55.5 Å². The van der Waals surface area contributed by atoms with Gasteiger partial charge in [-0.15, -0.1) is 0 Å². The van der Waals surface area contributed by atoms with E-state index in [0.29, 0.717) is 27.2 Å². The lowest BCUT2D eigenvalue weighted by molar-refractivity contribution is 0.0104. The van der Waals surface area contributed by atoms with Crippen molar-refractivity contribution in [3.05, 3.63) is 139 Å². The molecule has 4 aromatic carbocycles. The first-order chi connectivity index (χ1) is 24.9. The number of nitrogens with zero attached hydrogens (tertiary/aromatic N) is 2. The molecule has 4 unspecified atom stereocenters. The Hall–Kier alpha value is -3.33. The van der Waals surface area contributed by atoms with Crippen LogP contribution in [0.2, 0.25) is 15.1 Å². The molecule has 0 spiro atoms.